The molecule has 3 N–H and O–H groups in total. The molecule has 0 radical (unpaired) electrons. The average molecular weight is 268 g/mol. The lowest BCUT2D eigenvalue weighted by atomic mass is 9.80. The first-order valence-electron chi connectivity index (χ1n) is 6.98. The summed E-state index contributed by atoms with van der Waals surface area (Å²) < 4.78 is 0. The molecule has 3 unspecified atom stereocenters. The third-order valence-corrected chi connectivity index (χ3v) is 5.14. The van der Waals surface area contributed by atoms with Crippen LogP contribution in [0.1, 0.15) is 44.9 Å². The lowest BCUT2D eigenvalue weighted by Crippen LogP contribution is -2.32. The molecule has 1 aromatic heterocycles. The van der Waals surface area contributed by atoms with Crippen molar-refractivity contribution in [3.63, 3.8) is 0 Å². The van der Waals surface area contributed by atoms with E-state index in [1.165, 1.54) is 32.1 Å². The molecular formula is C13H24N4S. The number of hydrogen-bond acceptors (Lipinski definition) is 4. The zero-order valence-corrected chi connectivity index (χ0v) is 12.2. The van der Waals surface area contributed by atoms with E-state index in [9.17, 15) is 0 Å². The van der Waals surface area contributed by atoms with Gasteiger partial charge in [-0.05, 0) is 38.1 Å². The van der Waals surface area contributed by atoms with Crippen molar-refractivity contribution in [3.8, 4) is 0 Å². The van der Waals surface area contributed by atoms with Crippen molar-refractivity contribution in [2.75, 3.05) is 6.54 Å². The highest BCUT2D eigenvalue weighted by atomic mass is 32.2. The van der Waals surface area contributed by atoms with Gasteiger partial charge in [-0.1, -0.05) is 37.9 Å². The van der Waals surface area contributed by atoms with E-state index in [-0.39, 0.29) is 0 Å². The van der Waals surface area contributed by atoms with E-state index in [2.05, 4.69) is 22.1 Å². The molecule has 18 heavy (non-hydrogen) atoms. The average Bonchev–Trinajstić information content (AvgIpc) is 2.76. The molecule has 1 heterocycles. The smallest absolute Gasteiger partial charge is 0.208 e. The van der Waals surface area contributed by atoms with Crippen LogP contribution in [-0.2, 0) is 0 Å². The van der Waals surface area contributed by atoms with E-state index in [1.807, 2.05) is 18.7 Å². The SMILES string of the molecule is CCCC1CCC(CN)C(Sc2n[nH]c(C)n2)C1. The first kappa shape index (κ1) is 13.9. The summed E-state index contributed by atoms with van der Waals surface area (Å²) in [6.45, 7) is 5.01. The fraction of sp³-hybridized carbons (Fsp3) is 0.846. The highest BCUT2D eigenvalue weighted by molar-refractivity contribution is 7.99. The summed E-state index contributed by atoms with van der Waals surface area (Å²) in [4.78, 5) is 4.40. The van der Waals surface area contributed by atoms with E-state index in [4.69, 9.17) is 5.73 Å². The molecule has 1 aliphatic rings. The van der Waals surface area contributed by atoms with Gasteiger partial charge in [0.25, 0.3) is 0 Å². The number of aryl methyl sites for hydroxylation is 1. The Morgan fingerprint density at radius 1 is 1.44 bits per heavy atom. The lowest BCUT2D eigenvalue weighted by molar-refractivity contribution is 0.275. The molecular weight excluding hydrogens is 244 g/mol. The summed E-state index contributed by atoms with van der Waals surface area (Å²) in [7, 11) is 0. The van der Waals surface area contributed by atoms with Crippen LogP contribution in [-0.4, -0.2) is 27.0 Å². The van der Waals surface area contributed by atoms with Crippen LogP contribution >= 0.6 is 11.8 Å². The molecule has 1 fully saturated rings. The maximum atomic E-state index is 5.91. The predicted molar refractivity (Wildman–Crippen MR) is 75.6 cm³/mol. The number of nitrogens with one attached hydrogen (secondary N) is 1. The second kappa shape index (κ2) is 6.57. The molecule has 0 bridgehead atoms. The fourth-order valence-electron chi connectivity index (χ4n) is 2.87. The zero-order chi connectivity index (χ0) is 13.0. The fourth-order valence-corrected chi connectivity index (χ4v) is 4.24. The van der Waals surface area contributed by atoms with Gasteiger partial charge in [-0.15, -0.1) is 5.10 Å². The maximum absolute atomic E-state index is 5.91. The van der Waals surface area contributed by atoms with Gasteiger partial charge >= 0.3 is 0 Å². The summed E-state index contributed by atoms with van der Waals surface area (Å²) in [6, 6.07) is 0. The molecule has 0 saturated heterocycles. The predicted octanol–water partition coefficient (Wildman–Crippen LogP) is 2.75. The number of nitrogens with zero attached hydrogens (tertiary/aromatic N) is 2. The minimum absolute atomic E-state index is 0.593. The van der Waals surface area contributed by atoms with Gasteiger partial charge in [-0.25, -0.2) is 4.98 Å². The largest absolute Gasteiger partial charge is 0.330 e. The third kappa shape index (κ3) is 3.48. The Labute approximate surface area is 114 Å². The Hall–Kier alpha value is -0.550. The Balaban J connectivity index is 1.97. The van der Waals surface area contributed by atoms with Crippen molar-refractivity contribution >= 4 is 11.8 Å². The number of rotatable bonds is 5. The quantitative estimate of drug-likeness (QED) is 0.861. The van der Waals surface area contributed by atoms with E-state index in [0.717, 1.165) is 23.4 Å². The number of thioether (sulfide) groups is 1. The molecule has 2 rings (SSSR count). The molecule has 3 atom stereocenters. The number of aromatic amines is 1. The minimum atomic E-state index is 0.593. The van der Waals surface area contributed by atoms with E-state index < -0.39 is 0 Å². The number of H-pyrrole nitrogens is 1. The van der Waals surface area contributed by atoms with Crippen molar-refractivity contribution < 1.29 is 0 Å². The van der Waals surface area contributed by atoms with Gasteiger partial charge in [-0.3, -0.25) is 5.10 Å². The molecule has 5 heteroatoms. The first-order valence-corrected chi connectivity index (χ1v) is 7.86. The number of hydrogen-bond donors (Lipinski definition) is 2. The van der Waals surface area contributed by atoms with Gasteiger partial charge < -0.3 is 5.73 Å². The Bertz CT molecular complexity index is 366. The van der Waals surface area contributed by atoms with Gasteiger partial charge in [0.1, 0.15) is 5.82 Å². The van der Waals surface area contributed by atoms with Crippen molar-refractivity contribution in [1.29, 1.82) is 0 Å². The third-order valence-electron chi connectivity index (χ3n) is 3.87. The van der Waals surface area contributed by atoms with Crippen LogP contribution in [0.2, 0.25) is 0 Å². The van der Waals surface area contributed by atoms with Crippen LogP contribution in [0.15, 0.2) is 5.16 Å². The van der Waals surface area contributed by atoms with Crippen LogP contribution in [0.5, 0.6) is 0 Å². The second-order valence-electron chi connectivity index (χ2n) is 5.32. The number of aromatic nitrogens is 3. The Kier molecular flexibility index (Phi) is 5.06. The monoisotopic (exact) mass is 268 g/mol. The summed E-state index contributed by atoms with van der Waals surface area (Å²) in [5.41, 5.74) is 5.91. The molecule has 0 amide bonds. The molecule has 0 spiro atoms. The number of nitrogens with two attached hydrogens (primary N) is 1. The maximum Gasteiger partial charge on any atom is 0.208 e. The molecule has 1 aliphatic carbocycles. The van der Waals surface area contributed by atoms with Crippen molar-refractivity contribution in [3.05, 3.63) is 5.82 Å². The zero-order valence-electron chi connectivity index (χ0n) is 11.4. The topological polar surface area (TPSA) is 67.6 Å². The summed E-state index contributed by atoms with van der Waals surface area (Å²) in [5, 5.41) is 8.63. The van der Waals surface area contributed by atoms with Crippen LogP contribution in [0.25, 0.3) is 0 Å². The normalized spacial score (nSPS) is 28.5. The van der Waals surface area contributed by atoms with Crippen LogP contribution in [0, 0.1) is 18.8 Å². The molecule has 1 aromatic rings. The van der Waals surface area contributed by atoms with Gasteiger partial charge in [0.2, 0.25) is 5.16 Å². The highest BCUT2D eigenvalue weighted by Crippen LogP contribution is 2.39. The van der Waals surface area contributed by atoms with Crippen molar-refractivity contribution in [1.82, 2.24) is 15.2 Å². The highest BCUT2D eigenvalue weighted by Gasteiger charge is 2.30. The lowest BCUT2D eigenvalue weighted by Gasteiger charge is -2.34. The van der Waals surface area contributed by atoms with Gasteiger partial charge in [0.15, 0.2) is 0 Å². The van der Waals surface area contributed by atoms with Crippen LogP contribution < -0.4 is 5.73 Å². The van der Waals surface area contributed by atoms with E-state index in [1.54, 1.807) is 0 Å². The molecule has 0 aromatic carbocycles. The summed E-state index contributed by atoms with van der Waals surface area (Å²) in [5.74, 6) is 2.39. The molecule has 4 nitrogen and oxygen atoms in total. The van der Waals surface area contributed by atoms with Crippen LogP contribution in [0.3, 0.4) is 0 Å². The Morgan fingerprint density at radius 3 is 2.89 bits per heavy atom. The van der Waals surface area contributed by atoms with Gasteiger partial charge in [0, 0.05) is 5.25 Å². The van der Waals surface area contributed by atoms with E-state index >= 15 is 0 Å². The minimum Gasteiger partial charge on any atom is -0.330 e. The first-order chi connectivity index (χ1) is 8.72. The van der Waals surface area contributed by atoms with E-state index in [0.29, 0.717) is 11.2 Å². The van der Waals surface area contributed by atoms with Gasteiger partial charge in [0.05, 0.1) is 0 Å². The molecule has 0 aliphatic heterocycles. The second-order valence-corrected chi connectivity index (χ2v) is 6.53. The van der Waals surface area contributed by atoms with Crippen molar-refractivity contribution in [2.45, 2.75) is 56.4 Å². The van der Waals surface area contributed by atoms with Gasteiger partial charge in [-0.2, -0.15) is 0 Å². The standard InChI is InChI=1S/C13H24N4S/c1-3-4-10-5-6-11(8-14)12(7-10)18-13-15-9(2)16-17-13/h10-12H,3-8,14H2,1-2H3,(H,15,16,17). The summed E-state index contributed by atoms with van der Waals surface area (Å²) >= 11 is 1.81. The summed E-state index contributed by atoms with van der Waals surface area (Å²) in [6.07, 6.45) is 6.52. The Morgan fingerprint density at radius 2 is 2.28 bits per heavy atom. The van der Waals surface area contributed by atoms with Crippen molar-refractivity contribution in [2.24, 2.45) is 17.6 Å². The molecule has 1 saturated carbocycles. The molecule has 102 valence electrons. The van der Waals surface area contributed by atoms with Crippen LogP contribution in [0.4, 0.5) is 0 Å².